The van der Waals surface area contributed by atoms with Crippen molar-refractivity contribution in [2.24, 2.45) is 4.99 Å². The molecule has 1 atom stereocenters. The topological polar surface area (TPSA) is 15.4 Å². The molecule has 0 saturated carbocycles. The van der Waals surface area contributed by atoms with Gasteiger partial charge in [0, 0.05) is 13.3 Å². The molecule has 0 saturated heterocycles. The Balaban J connectivity index is 2.69. The fourth-order valence-corrected chi connectivity index (χ4v) is 1.26. The highest BCUT2D eigenvalue weighted by atomic mass is 15.2. The smallest absolute Gasteiger partial charge is 0.217 e. The molecule has 1 aliphatic rings. The van der Waals surface area contributed by atoms with Gasteiger partial charge in [-0.2, -0.15) is 0 Å². The van der Waals surface area contributed by atoms with Gasteiger partial charge in [0.15, 0.2) is 6.21 Å². The fourth-order valence-electron chi connectivity index (χ4n) is 1.26. The van der Waals surface area contributed by atoms with Gasteiger partial charge in [-0.3, -0.25) is 0 Å². The summed E-state index contributed by atoms with van der Waals surface area (Å²) < 4.78 is 2.16. The predicted molar refractivity (Wildman–Crippen MR) is 44.1 cm³/mol. The number of hydrogen-bond acceptors (Lipinski definition) is 1. The molecule has 1 rings (SSSR count). The quantitative estimate of drug-likeness (QED) is 0.512. The van der Waals surface area contributed by atoms with Crippen LogP contribution in [-0.4, -0.2) is 29.7 Å². The van der Waals surface area contributed by atoms with Crippen LogP contribution < -0.4 is 0 Å². The maximum absolute atomic E-state index is 4.38. The minimum Gasteiger partial charge on any atom is -0.217 e. The van der Waals surface area contributed by atoms with Crippen molar-refractivity contribution in [3.8, 4) is 0 Å². The number of hydrogen-bond donors (Lipinski definition) is 0. The molecule has 1 heterocycles. The monoisotopic (exact) mass is 139 g/mol. The Morgan fingerprint density at radius 1 is 1.60 bits per heavy atom. The van der Waals surface area contributed by atoms with Crippen molar-refractivity contribution >= 4 is 12.4 Å². The molecular formula is C8H15N2+. The lowest BCUT2D eigenvalue weighted by Gasteiger charge is -2.15. The second kappa shape index (κ2) is 2.52. The highest BCUT2D eigenvalue weighted by molar-refractivity contribution is 6.14. The Hall–Kier alpha value is -0.660. The molecule has 0 radical (unpaired) electrons. The Kier molecular flexibility index (Phi) is 1.88. The molecule has 0 aromatic rings. The van der Waals surface area contributed by atoms with Crippen LogP contribution in [0, 0.1) is 0 Å². The molecule has 0 fully saturated rings. The first kappa shape index (κ1) is 7.45. The van der Waals surface area contributed by atoms with Crippen LogP contribution in [-0.2, 0) is 0 Å². The highest BCUT2D eigenvalue weighted by Crippen LogP contribution is 2.18. The average Bonchev–Trinajstić information content (AvgIpc) is 2.15. The van der Waals surface area contributed by atoms with Crippen molar-refractivity contribution in [2.45, 2.75) is 32.4 Å². The zero-order valence-electron chi connectivity index (χ0n) is 6.96. The number of aliphatic imine (C=N–C) groups is 1. The van der Waals surface area contributed by atoms with Crippen molar-refractivity contribution in [3.05, 3.63) is 0 Å². The normalized spacial score (nSPS) is 30.9. The van der Waals surface area contributed by atoms with Crippen molar-refractivity contribution in [2.75, 3.05) is 7.05 Å². The van der Waals surface area contributed by atoms with E-state index in [-0.39, 0.29) is 5.66 Å². The lowest BCUT2D eigenvalue weighted by atomic mass is 10.1. The summed E-state index contributed by atoms with van der Waals surface area (Å²) in [6.45, 7) is 4.35. The number of rotatable bonds is 2. The fraction of sp³-hybridized carbons (Fsp3) is 0.750. The van der Waals surface area contributed by atoms with E-state index in [9.17, 15) is 0 Å². The molecule has 0 N–H and O–H groups in total. The molecule has 0 bridgehead atoms. The molecule has 0 aromatic heterocycles. The molecule has 0 aromatic carbocycles. The second-order valence-electron chi connectivity index (χ2n) is 3.01. The van der Waals surface area contributed by atoms with Crippen LogP contribution in [0.4, 0.5) is 0 Å². The van der Waals surface area contributed by atoms with Crippen LogP contribution >= 0.6 is 0 Å². The van der Waals surface area contributed by atoms with Crippen molar-refractivity contribution in [1.29, 1.82) is 0 Å². The van der Waals surface area contributed by atoms with Crippen molar-refractivity contribution in [3.63, 3.8) is 0 Å². The Bertz CT molecular complexity index is 182. The van der Waals surface area contributed by atoms with Crippen LogP contribution in [0.15, 0.2) is 4.99 Å². The zero-order chi connectivity index (χ0) is 7.61. The standard InChI is InChI=1S/C8H15N2/c1-4-5-8(2)9-6-7-10(8)3/h6-7H,4-5H2,1-3H3/q+1. The van der Waals surface area contributed by atoms with E-state index >= 15 is 0 Å². The van der Waals surface area contributed by atoms with Gasteiger partial charge in [0.05, 0.1) is 6.21 Å². The molecular weight excluding hydrogens is 124 g/mol. The van der Waals surface area contributed by atoms with E-state index < -0.39 is 0 Å². The van der Waals surface area contributed by atoms with Gasteiger partial charge in [-0.25, -0.2) is 9.57 Å². The largest absolute Gasteiger partial charge is 0.252 e. The third-order valence-corrected chi connectivity index (χ3v) is 2.13. The van der Waals surface area contributed by atoms with Gasteiger partial charge in [0.2, 0.25) is 0 Å². The van der Waals surface area contributed by atoms with Crippen molar-refractivity contribution < 1.29 is 4.58 Å². The SMILES string of the molecule is CCCC1(C)N=CC=[N+]1C. The maximum atomic E-state index is 4.38. The molecule has 1 aliphatic heterocycles. The molecule has 2 nitrogen and oxygen atoms in total. The van der Waals surface area contributed by atoms with E-state index in [1.165, 1.54) is 6.42 Å². The zero-order valence-corrected chi connectivity index (χ0v) is 6.96. The molecule has 2 heteroatoms. The summed E-state index contributed by atoms with van der Waals surface area (Å²) in [5.41, 5.74) is 0.0503. The number of nitrogens with zero attached hydrogens (tertiary/aromatic N) is 2. The van der Waals surface area contributed by atoms with E-state index in [1.54, 1.807) is 0 Å². The maximum Gasteiger partial charge on any atom is 0.252 e. The third kappa shape index (κ3) is 1.11. The first-order chi connectivity index (χ1) is 4.69. The summed E-state index contributed by atoms with van der Waals surface area (Å²) in [6, 6.07) is 0. The van der Waals surface area contributed by atoms with Gasteiger partial charge in [-0.15, -0.1) is 0 Å². The minimum absolute atomic E-state index is 0.0503. The van der Waals surface area contributed by atoms with E-state index in [2.05, 4.69) is 30.5 Å². The molecule has 0 amide bonds. The van der Waals surface area contributed by atoms with Crippen LogP contribution in [0.5, 0.6) is 0 Å². The summed E-state index contributed by atoms with van der Waals surface area (Å²) in [6.07, 6.45) is 6.23. The van der Waals surface area contributed by atoms with E-state index in [1.807, 2.05) is 12.4 Å². The van der Waals surface area contributed by atoms with Crippen LogP contribution in [0.2, 0.25) is 0 Å². The molecule has 0 aliphatic carbocycles. The summed E-state index contributed by atoms with van der Waals surface area (Å²) in [5.74, 6) is 0. The second-order valence-corrected chi connectivity index (χ2v) is 3.01. The van der Waals surface area contributed by atoms with Crippen LogP contribution in [0.1, 0.15) is 26.7 Å². The predicted octanol–water partition coefficient (Wildman–Crippen LogP) is 1.30. The van der Waals surface area contributed by atoms with Gasteiger partial charge < -0.3 is 0 Å². The summed E-state index contributed by atoms with van der Waals surface area (Å²) >= 11 is 0. The molecule has 56 valence electrons. The van der Waals surface area contributed by atoms with Crippen LogP contribution in [0.25, 0.3) is 0 Å². The van der Waals surface area contributed by atoms with E-state index in [0.717, 1.165) is 6.42 Å². The first-order valence-electron chi connectivity index (χ1n) is 3.80. The molecule has 0 spiro atoms. The van der Waals surface area contributed by atoms with Gasteiger partial charge in [0.1, 0.15) is 7.05 Å². The van der Waals surface area contributed by atoms with E-state index in [0.29, 0.717) is 0 Å². The van der Waals surface area contributed by atoms with Crippen molar-refractivity contribution in [1.82, 2.24) is 0 Å². The summed E-state index contributed by atoms with van der Waals surface area (Å²) in [5, 5.41) is 0. The average molecular weight is 139 g/mol. The highest BCUT2D eigenvalue weighted by Gasteiger charge is 2.33. The first-order valence-corrected chi connectivity index (χ1v) is 3.80. The summed E-state index contributed by atoms with van der Waals surface area (Å²) in [4.78, 5) is 4.38. The minimum atomic E-state index is 0.0503. The van der Waals surface area contributed by atoms with E-state index in [4.69, 9.17) is 0 Å². The lowest BCUT2D eigenvalue weighted by molar-refractivity contribution is -0.569. The molecule has 1 unspecified atom stereocenters. The lowest BCUT2D eigenvalue weighted by Crippen LogP contribution is -2.31. The summed E-state index contributed by atoms with van der Waals surface area (Å²) in [7, 11) is 2.07. The molecule has 10 heavy (non-hydrogen) atoms. The van der Waals surface area contributed by atoms with Gasteiger partial charge in [-0.05, 0) is 6.42 Å². The Morgan fingerprint density at radius 3 is 2.70 bits per heavy atom. The van der Waals surface area contributed by atoms with Gasteiger partial charge in [-0.1, -0.05) is 6.92 Å². The van der Waals surface area contributed by atoms with Crippen LogP contribution in [0.3, 0.4) is 0 Å². The third-order valence-electron chi connectivity index (χ3n) is 2.13. The Morgan fingerprint density at radius 2 is 2.30 bits per heavy atom. The van der Waals surface area contributed by atoms with Gasteiger partial charge in [0.25, 0.3) is 5.66 Å². The Labute approximate surface area is 62.3 Å². The van der Waals surface area contributed by atoms with Gasteiger partial charge >= 0.3 is 0 Å².